The lowest BCUT2D eigenvalue weighted by Crippen LogP contribution is -2.26. The highest BCUT2D eigenvalue weighted by atomic mass is 16.3. The topological polar surface area (TPSA) is 20.2 Å². The molecule has 0 spiro atoms. The van der Waals surface area contributed by atoms with E-state index in [1.165, 1.54) is 43.2 Å². The van der Waals surface area contributed by atoms with Crippen molar-refractivity contribution in [3.63, 3.8) is 0 Å². The molecule has 1 aromatic rings. The maximum atomic E-state index is 10.5. The molecule has 3 rings (SSSR count). The first-order valence-corrected chi connectivity index (χ1v) is 6.62. The Bertz CT molecular complexity index is 365. The Morgan fingerprint density at radius 2 is 1.75 bits per heavy atom. The SMILES string of the molecule is OC1c2ccccc2CCC1C1CCCC1. The zero-order valence-electron chi connectivity index (χ0n) is 9.73. The fraction of sp³-hybridized carbons (Fsp3) is 0.600. The minimum absolute atomic E-state index is 0.201. The van der Waals surface area contributed by atoms with E-state index in [2.05, 4.69) is 24.3 Å². The van der Waals surface area contributed by atoms with E-state index in [-0.39, 0.29) is 6.10 Å². The molecule has 0 radical (unpaired) electrons. The smallest absolute Gasteiger partial charge is 0.0823 e. The molecule has 16 heavy (non-hydrogen) atoms. The summed E-state index contributed by atoms with van der Waals surface area (Å²) in [4.78, 5) is 0. The lowest BCUT2D eigenvalue weighted by Gasteiger charge is -2.34. The van der Waals surface area contributed by atoms with Gasteiger partial charge in [-0.2, -0.15) is 0 Å². The molecule has 2 aliphatic rings. The Hall–Kier alpha value is -0.820. The second kappa shape index (κ2) is 4.21. The molecule has 1 N–H and O–H groups in total. The minimum Gasteiger partial charge on any atom is -0.388 e. The van der Waals surface area contributed by atoms with Gasteiger partial charge in [0.05, 0.1) is 6.10 Å². The first kappa shape index (κ1) is 10.3. The van der Waals surface area contributed by atoms with E-state index in [1.807, 2.05) is 0 Å². The van der Waals surface area contributed by atoms with Gasteiger partial charge in [0.2, 0.25) is 0 Å². The minimum atomic E-state index is -0.201. The van der Waals surface area contributed by atoms with E-state index in [4.69, 9.17) is 0 Å². The summed E-state index contributed by atoms with van der Waals surface area (Å²) in [5, 5.41) is 10.5. The summed E-state index contributed by atoms with van der Waals surface area (Å²) >= 11 is 0. The van der Waals surface area contributed by atoms with E-state index >= 15 is 0 Å². The predicted molar refractivity (Wildman–Crippen MR) is 65.2 cm³/mol. The quantitative estimate of drug-likeness (QED) is 0.762. The molecule has 1 fully saturated rings. The van der Waals surface area contributed by atoms with Gasteiger partial charge in [0, 0.05) is 0 Å². The Labute approximate surface area is 97.5 Å². The van der Waals surface area contributed by atoms with E-state index in [0.29, 0.717) is 5.92 Å². The molecule has 0 bridgehead atoms. The molecule has 1 saturated carbocycles. The zero-order valence-corrected chi connectivity index (χ0v) is 9.73. The molecule has 1 heteroatoms. The van der Waals surface area contributed by atoms with Crippen molar-refractivity contribution in [2.45, 2.75) is 44.6 Å². The Morgan fingerprint density at radius 3 is 2.56 bits per heavy atom. The van der Waals surface area contributed by atoms with Gasteiger partial charge in [-0.15, -0.1) is 0 Å². The lowest BCUT2D eigenvalue weighted by molar-refractivity contribution is 0.0586. The van der Waals surface area contributed by atoms with Crippen LogP contribution in [-0.2, 0) is 6.42 Å². The number of aliphatic hydroxyl groups is 1. The molecule has 2 atom stereocenters. The van der Waals surface area contributed by atoms with Gasteiger partial charge >= 0.3 is 0 Å². The summed E-state index contributed by atoms with van der Waals surface area (Å²) < 4.78 is 0. The summed E-state index contributed by atoms with van der Waals surface area (Å²) in [5.74, 6) is 1.31. The van der Waals surface area contributed by atoms with Gasteiger partial charge in [-0.05, 0) is 35.8 Å². The number of hydrogen-bond donors (Lipinski definition) is 1. The van der Waals surface area contributed by atoms with Crippen LogP contribution in [0.15, 0.2) is 24.3 Å². The van der Waals surface area contributed by atoms with E-state index in [0.717, 1.165) is 12.3 Å². The van der Waals surface area contributed by atoms with Crippen LogP contribution < -0.4 is 0 Å². The summed E-state index contributed by atoms with van der Waals surface area (Å²) in [6.45, 7) is 0. The van der Waals surface area contributed by atoms with Gasteiger partial charge in [0.15, 0.2) is 0 Å². The fourth-order valence-electron chi connectivity index (χ4n) is 3.64. The van der Waals surface area contributed by atoms with Crippen LogP contribution in [-0.4, -0.2) is 5.11 Å². The number of aryl methyl sites for hydroxylation is 1. The van der Waals surface area contributed by atoms with Crippen LogP contribution in [0.3, 0.4) is 0 Å². The number of aliphatic hydroxyl groups excluding tert-OH is 1. The zero-order chi connectivity index (χ0) is 11.0. The summed E-state index contributed by atoms with van der Waals surface area (Å²) in [6, 6.07) is 8.42. The van der Waals surface area contributed by atoms with Gasteiger partial charge in [-0.3, -0.25) is 0 Å². The van der Waals surface area contributed by atoms with Crippen molar-refractivity contribution >= 4 is 0 Å². The average Bonchev–Trinajstić information content (AvgIpc) is 2.83. The summed E-state index contributed by atoms with van der Waals surface area (Å²) in [7, 11) is 0. The van der Waals surface area contributed by atoms with Crippen LogP contribution in [0.4, 0.5) is 0 Å². The van der Waals surface area contributed by atoms with Crippen molar-refractivity contribution in [3.05, 3.63) is 35.4 Å². The molecule has 1 aromatic carbocycles. The first-order valence-electron chi connectivity index (χ1n) is 6.62. The van der Waals surface area contributed by atoms with E-state index in [1.54, 1.807) is 0 Å². The van der Waals surface area contributed by atoms with Crippen molar-refractivity contribution in [2.24, 2.45) is 11.8 Å². The van der Waals surface area contributed by atoms with Crippen LogP contribution >= 0.6 is 0 Å². The average molecular weight is 216 g/mol. The highest BCUT2D eigenvalue weighted by molar-refractivity contribution is 5.32. The van der Waals surface area contributed by atoms with Crippen molar-refractivity contribution < 1.29 is 5.11 Å². The van der Waals surface area contributed by atoms with Crippen LogP contribution in [0.25, 0.3) is 0 Å². The molecule has 86 valence electrons. The maximum Gasteiger partial charge on any atom is 0.0823 e. The van der Waals surface area contributed by atoms with Gasteiger partial charge in [0.25, 0.3) is 0 Å². The van der Waals surface area contributed by atoms with E-state index in [9.17, 15) is 5.11 Å². The third kappa shape index (κ3) is 1.67. The van der Waals surface area contributed by atoms with Gasteiger partial charge in [-0.1, -0.05) is 49.9 Å². The predicted octanol–water partition coefficient (Wildman–Crippen LogP) is 3.47. The Morgan fingerprint density at radius 1 is 1.00 bits per heavy atom. The number of fused-ring (bicyclic) bond motifs is 1. The molecule has 2 unspecified atom stereocenters. The van der Waals surface area contributed by atoms with Gasteiger partial charge < -0.3 is 5.11 Å². The highest BCUT2D eigenvalue weighted by Gasteiger charge is 2.34. The molecule has 0 aromatic heterocycles. The third-order valence-corrected chi connectivity index (χ3v) is 4.53. The molecule has 0 saturated heterocycles. The van der Waals surface area contributed by atoms with Crippen molar-refractivity contribution in [2.75, 3.05) is 0 Å². The largest absolute Gasteiger partial charge is 0.388 e. The summed E-state index contributed by atoms with van der Waals surface area (Å²) in [5.41, 5.74) is 2.56. The second-order valence-electron chi connectivity index (χ2n) is 5.39. The molecular formula is C15H20O. The normalized spacial score (nSPS) is 30.3. The highest BCUT2D eigenvalue weighted by Crippen LogP contribution is 2.44. The number of hydrogen-bond acceptors (Lipinski definition) is 1. The fourth-order valence-corrected chi connectivity index (χ4v) is 3.64. The Balaban J connectivity index is 1.85. The van der Waals surface area contributed by atoms with Crippen LogP contribution in [0.2, 0.25) is 0 Å². The molecule has 2 aliphatic carbocycles. The van der Waals surface area contributed by atoms with Crippen LogP contribution in [0.5, 0.6) is 0 Å². The second-order valence-corrected chi connectivity index (χ2v) is 5.39. The van der Waals surface area contributed by atoms with Gasteiger partial charge in [-0.25, -0.2) is 0 Å². The third-order valence-electron chi connectivity index (χ3n) is 4.53. The monoisotopic (exact) mass is 216 g/mol. The van der Waals surface area contributed by atoms with Crippen LogP contribution in [0, 0.1) is 11.8 Å². The van der Waals surface area contributed by atoms with Crippen molar-refractivity contribution in [1.82, 2.24) is 0 Å². The molecule has 0 aliphatic heterocycles. The molecular weight excluding hydrogens is 196 g/mol. The first-order chi connectivity index (χ1) is 7.86. The summed E-state index contributed by atoms with van der Waals surface area (Å²) in [6.07, 6.45) is 7.56. The maximum absolute atomic E-state index is 10.5. The standard InChI is InChI=1S/C15H20O/c16-15-13-8-4-3-7-12(13)9-10-14(15)11-5-1-2-6-11/h3-4,7-8,11,14-16H,1-2,5-6,9-10H2. The molecule has 0 heterocycles. The number of benzene rings is 1. The van der Waals surface area contributed by atoms with Gasteiger partial charge in [0.1, 0.15) is 0 Å². The molecule has 0 amide bonds. The van der Waals surface area contributed by atoms with E-state index < -0.39 is 0 Å². The molecule has 1 nitrogen and oxygen atoms in total. The lowest BCUT2D eigenvalue weighted by atomic mass is 9.74. The Kier molecular flexibility index (Phi) is 2.72. The van der Waals surface area contributed by atoms with Crippen molar-refractivity contribution in [1.29, 1.82) is 0 Å². The van der Waals surface area contributed by atoms with Crippen LogP contribution in [0.1, 0.15) is 49.3 Å². The van der Waals surface area contributed by atoms with Crippen molar-refractivity contribution in [3.8, 4) is 0 Å². The number of rotatable bonds is 1.